The molecular formula is C39H41N7O9. The second kappa shape index (κ2) is 15.2. The Morgan fingerprint density at radius 3 is 2.40 bits per heavy atom. The lowest BCUT2D eigenvalue weighted by Crippen LogP contribution is -2.52. The number of ketones is 1. The van der Waals surface area contributed by atoms with Gasteiger partial charge in [-0.1, -0.05) is 38.1 Å². The van der Waals surface area contributed by atoms with Crippen LogP contribution in [0.15, 0.2) is 59.4 Å². The molecule has 4 N–H and O–H groups in total. The summed E-state index contributed by atoms with van der Waals surface area (Å²) < 4.78 is 6.74. The summed E-state index contributed by atoms with van der Waals surface area (Å²) in [4.78, 5) is 80.9. The van der Waals surface area contributed by atoms with E-state index in [1.54, 1.807) is 41.3 Å². The molecule has 2 saturated heterocycles. The Bertz CT molecular complexity index is 2240. The number of phenolic OH excluding ortho intramolecular Hbond substituents is 2. The first kappa shape index (κ1) is 37.0. The van der Waals surface area contributed by atoms with E-state index in [1.165, 1.54) is 15.5 Å². The number of benzene rings is 3. The molecule has 4 amide bonds. The van der Waals surface area contributed by atoms with Crippen molar-refractivity contribution >= 4 is 29.6 Å². The minimum absolute atomic E-state index is 0.0279. The molecule has 4 heterocycles. The van der Waals surface area contributed by atoms with Crippen LogP contribution in [0.25, 0.3) is 17.1 Å². The lowest BCUT2D eigenvalue weighted by atomic mass is 9.98. The van der Waals surface area contributed by atoms with Gasteiger partial charge in [0.25, 0.3) is 5.91 Å². The summed E-state index contributed by atoms with van der Waals surface area (Å²) in [6, 6.07) is 14.6. The number of phenols is 2. The Morgan fingerprint density at radius 2 is 1.69 bits per heavy atom. The number of H-pyrrole nitrogens is 1. The minimum atomic E-state index is -0.759. The Morgan fingerprint density at radius 1 is 0.945 bits per heavy atom. The fraction of sp³-hybridized carbons (Fsp3) is 0.359. The number of hydrogen-bond donors (Lipinski definition) is 4. The molecule has 0 bridgehead atoms. The predicted molar refractivity (Wildman–Crippen MR) is 196 cm³/mol. The largest absolute Gasteiger partial charge is 0.508 e. The van der Waals surface area contributed by atoms with Gasteiger partial charge in [-0.15, -0.1) is 0 Å². The number of rotatable bonds is 10. The Balaban J connectivity index is 0.899. The zero-order chi connectivity index (χ0) is 39.0. The highest BCUT2D eigenvalue weighted by Gasteiger charge is 2.40. The second-order valence-electron chi connectivity index (χ2n) is 14.3. The van der Waals surface area contributed by atoms with Gasteiger partial charge in [0.15, 0.2) is 18.2 Å². The highest BCUT2D eigenvalue weighted by atomic mass is 16.6. The van der Waals surface area contributed by atoms with Gasteiger partial charge >= 0.3 is 11.8 Å². The number of piperidine rings is 1. The van der Waals surface area contributed by atoms with Gasteiger partial charge in [0.1, 0.15) is 17.5 Å². The molecule has 0 spiro atoms. The van der Waals surface area contributed by atoms with Gasteiger partial charge in [0.05, 0.1) is 11.3 Å². The SMILES string of the molecule is CC(C)c1cc(-c2n[nH]c(=O)n2-c2ccc(CN3CCN(C(=O)OCC(=O)Cc4cccc5c4CN(C4CCC(=O)NC4=O)C5=O)CC3)cc2)c(O)cc1O. The summed E-state index contributed by atoms with van der Waals surface area (Å²) in [6.07, 6.45) is -0.249. The molecule has 16 nitrogen and oxygen atoms in total. The lowest BCUT2D eigenvalue weighted by Gasteiger charge is -2.34. The summed E-state index contributed by atoms with van der Waals surface area (Å²) in [6.45, 7) is 6.08. The summed E-state index contributed by atoms with van der Waals surface area (Å²) >= 11 is 0. The molecule has 55 heavy (non-hydrogen) atoms. The van der Waals surface area contributed by atoms with Crippen LogP contribution in [0.2, 0.25) is 0 Å². The van der Waals surface area contributed by atoms with Crippen molar-refractivity contribution in [3.8, 4) is 28.6 Å². The topological polar surface area (TPSA) is 207 Å². The predicted octanol–water partition coefficient (Wildman–Crippen LogP) is 2.59. The van der Waals surface area contributed by atoms with Crippen molar-refractivity contribution in [3.05, 3.63) is 92.9 Å². The van der Waals surface area contributed by atoms with Gasteiger partial charge in [-0.3, -0.25) is 29.4 Å². The summed E-state index contributed by atoms with van der Waals surface area (Å²) in [5, 5.41) is 29.8. The molecule has 0 radical (unpaired) electrons. The molecule has 4 aromatic rings. The number of aromatic nitrogens is 3. The first-order chi connectivity index (χ1) is 26.4. The number of carbonyl (C=O) groups excluding carboxylic acids is 5. The number of carbonyl (C=O) groups is 5. The number of nitrogens with one attached hydrogen (secondary N) is 2. The highest BCUT2D eigenvalue weighted by Crippen LogP contribution is 2.37. The van der Waals surface area contributed by atoms with Crippen LogP contribution in [-0.4, -0.2) is 108 Å². The summed E-state index contributed by atoms with van der Waals surface area (Å²) in [5.41, 5.74) is 3.64. The number of imide groups is 1. The molecule has 2 fully saturated rings. The zero-order valence-electron chi connectivity index (χ0n) is 30.4. The van der Waals surface area contributed by atoms with E-state index in [4.69, 9.17) is 4.74 Å². The fourth-order valence-electron chi connectivity index (χ4n) is 7.36. The normalized spacial score (nSPS) is 17.4. The molecule has 3 aromatic carbocycles. The summed E-state index contributed by atoms with van der Waals surface area (Å²) in [7, 11) is 0. The van der Waals surface area contributed by atoms with Crippen molar-refractivity contribution in [1.82, 2.24) is 34.8 Å². The Labute approximate surface area is 315 Å². The molecule has 0 aliphatic carbocycles. The molecule has 16 heteroatoms. The van der Waals surface area contributed by atoms with Gasteiger partial charge in [-0.2, -0.15) is 5.10 Å². The third kappa shape index (κ3) is 7.58. The van der Waals surface area contributed by atoms with Crippen LogP contribution in [0.4, 0.5) is 4.79 Å². The maximum Gasteiger partial charge on any atom is 0.410 e. The lowest BCUT2D eigenvalue weighted by molar-refractivity contribution is -0.137. The smallest absolute Gasteiger partial charge is 0.410 e. The van der Waals surface area contributed by atoms with Crippen LogP contribution in [-0.2, 0) is 38.6 Å². The molecular weight excluding hydrogens is 710 g/mol. The third-order valence-electron chi connectivity index (χ3n) is 10.3. The monoisotopic (exact) mass is 751 g/mol. The average molecular weight is 752 g/mol. The zero-order valence-corrected chi connectivity index (χ0v) is 30.4. The van der Waals surface area contributed by atoms with Gasteiger partial charge in [0.2, 0.25) is 11.8 Å². The maximum absolute atomic E-state index is 13.1. The Kier molecular flexibility index (Phi) is 10.2. The van der Waals surface area contributed by atoms with E-state index in [2.05, 4.69) is 20.4 Å². The number of piperazine rings is 1. The molecule has 3 aliphatic heterocycles. The number of aromatic hydroxyl groups is 2. The van der Waals surface area contributed by atoms with E-state index in [9.17, 15) is 39.0 Å². The van der Waals surface area contributed by atoms with Crippen molar-refractivity contribution in [1.29, 1.82) is 0 Å². The minimum Gasteiger partial charge on any atom is -0.508 e. The number of Topliss-reactive ketones (excluding diaryl/α,β-unsaturated/α-hetero) is 1. The van der Waals surface area contributed by atoms with Crippen LogP contribution >= 0.6 is 0 Å². The molecule has 1 aromatic heterocycles. The van der Waals surface area contributed by atoms with E-state index >= 15 is 0 Å². The van der Waals surface area contributed by atoms with Crippen LogP contribution in [0.1, 0.15) is 65.2 Å². The van der Waals surface area contributed by atoms with Crippen molar-refractivity contribution in [3.63, 3.8) is 0 Å². The Hall–Kier alpha value is -6.29. The first-order valence-electron chi connectivity index (χ1n) is 18.1. The molecule has 1 atom stereocenters. The van der Waals surface area contributed by atoms with E-state index in [0.29, 0.717) is 66.2 Å². The van der Waals surface area contributed by atoms with E-state index in [1.807, 2.05) is 26.0 Å². The van der Waals surface area contributed by atoms with Crippen molar-refractivity contribution in [2.45, 2.75) is 58.2 Å². The number of fused-ring (bicyclic) bond motifs is 1. The number of nitrogens with zero attached hydrogens (tertiary/aromatic N) is 5. The number of amides is 4. The first-order valence-corrected chi connectivity index (χ1v) is 18.1. The van der Waals surface area contributed by atoms with Gasteiger partial charge in [-0.05, 0) is 58.9 Å². The molecule has 7 rings (SSSR count). The average Bonchev–Trinajstić information content (AvgIpc) is 3.70. The van der Waals surface area contributed by atoms with Gasteiger partial charge in [-0.25, -0.2) is 19.3 Å². The second-order valence-corrected chi connectivity index (χ2v) is 14.3. The van der Waals surface area contributed by atoms with Crippen molar-refractivity contribution in [2.24, 2.45) is 0 Å². The van der Waals surface area contributed by atoms with E-state index < -0.39 is 30.3 Å². The third-order valence-corrected chi connectivity index (χ3v) is 10.3. The highest BCUT2D eigenvalue weighted by molar-refractivity contribution is 6.05. The molecule has 3 aliphatic rings. The number of aromatic amines is 1. The van der Waals surface area contributed by atoms with Crippen molar-refractivity contribution in [2.75, 3.05) is 32.8 Å². The van der Waals surface area contributed by atoms with Crippen LogP contribution < -0.4 is 11.0 Å². The summed E-state index contributed by atoms with van der Waals surface area (Å²) in [5.74, 6) is -1.59. The standard InChI is InChI=1S/C39H41N7O9/c1-22(2)28-17-29(33(49)18-32(28)48)35-41-42-38(53)46(35)25-8-6-23(7-9-25)19-43-12-14-44(15-13-43)39(54)55-21-26(47)16-24-4-3-5-27-30(24)20-45(37(27)52)31-10-11-34(50)40-36(31)51/h3-9,17-18,22,31,48-49H,10-16,19-21H2,1-2H3,(H,42,53)(H,40,50,51). The van der Waals surface area contributed by atoms with Crippen molar-refractivity contribution < 1.29 is 38.9 Å². The van der Waals surface area contributed by atoms with Gasteiger partial charge in [0, 0.05) is 63.7 Å². The van der Waals surface area contributed by atoms with E-state index in [0.717, 1.165) is 5.56 Å². The maximum atomic E-state index is 13.1. The van der Waals surface area contributed by atoms with Crippen LogP contribution in [0, 0.1) is 0 Å². The van der Waals surface area contributed by atoms with E-state index in [-0.39, 0.29) is 66.6 Å². The number of ether oxygens (including phenoxy) is 1. The molecule has 0 saturated carbocycles. The van der Waals surface area contributed by atoms with Crippen LogP contribution in [0.5, 0.6) is 11.5 Å². The fourth-order valence-corrected chi connectivity index (χ4v) is 7.36. The molecule has 286 valence electrons. The quantitative estimate of drug-likeness (QED) is 0.173. The number of hydrogen-bond acceptors (Lipinski definition) is 11. The molecule has 1 unspecified atom stereocenters. The van der Waals surface area contributed by atoms with Crippen LogP contribution in [0.3, 0.4) is 0 Å². The van der Waals surface area contributed by atoms with Gasteiger partial charge < -0.3 is 24.7 Å².